The van der Waals surface area contributed by atoms with Crippen LogP contribution in [-0.2, 0) is 6.54 Å². The van der Waals surface area contributed by atoms with Crippen molar-refractivity contribution in [2.45, 2.75) is 52.0 Å². The SMILES string of the molecule is Cc1ccccc1Cn1nc(C)c(NC(=O)c2cnn3c2N[C@@H](c2ccco2)C[C@H]3C(F)(F)F)c1C. The number of hydrogen-bond donors (Lipinski definition) is 2. The first-order valence-electron chi connectivity index (χ1n) is 11.5. The standard InChI is InChI=1S/C25H25F3N6O2/c1-14-7-4-5-8-17(14)13-33-16(3)22(15(2)32-33)31-24(35)18-12-29-34-21(25(26,27)28)11-19(30-23(18)34)20-9-6-10-36-20/h4-10,12,19,21,30H,11,13H2,1-3H3,(H,31,35)/t19-,21+/m1/s1. The van der Waals surface area contributed by atoms with Gasteiger partial charge in [-0.2, -0.15) is 23.4 Å². The molecule has 8 nitrogen and oxygen atoms in total. The summed E-state index contributed by atoms with van der Waals surface area (Å²) in [7, 11) is 0. The van der Waals surface area contributed by atoms with Crippen molar-refractivity contribution in [2.24, 2.45) is 0 Å². The van der Waals surface area contributed by atoms with Crippen molar-refractivity contribution in [1.82, 2.24) is 19.6 Å². The molecule has 0 unspecified atom stereocenters. The van der Waals surface area contributed by atoms with E-state index >= 15 is 0 Å². The van der Waals surface area contributed by atoms with Gasteiger partial charge in [0.05, 0.1) is 42.1 Å². The minimum absolute atomic E-state index is 0.00552. The van der Waals surface area contributed by atoms with Crippen molar-refractivity contribution in [3.05, 3.63) is 82.7 Å². The summed E-state index contributed by atoms with van der Waals surface area (Å²) in [6.07, 6.45) is -2.30. The number of nitrogens with one attached hydrogen (secondary N) is 2. The van der Waals surface area contributed by atoms with Crippen LogP contribution in [0.4, 0.5) is 24.7 Å². The zero-order valence-electron chi connectivity index (χ0n) is 19.9. The number of aromatic nitrogens is 4. The van der Waals surface area contributed by atoms with Crippen LogP contribution >= 0.6 is 0 Å². The van der Waals surface area contributed by atoms with Crippen LogP contribution in [0.25, 0.3) is 0 Å². The van der Waals surface area contributed by atoms with Crippen LogP contribution < -0.4 is 10.6 Å². The summed E-state index contributed by atoms with van der Waals surface area (Å²) in [5, 5.41) is 14.3. The van der Waals surface area contributed by atoms with Gasteiger partial charge in [-0.05, 0) is 44.0 Å². The number of anilines is 2. The van der Waals surface area contributed by atoms with E-state index in [9.17, 15) is 18.0 Å². The van der Waals surface area contributed by atoms with Crippen molar-refractivity contribution in [1.29, 1.82) is 0 Å². The molecule has 1 aliphatic rings. The number of fused-ring (bicyclic) bond motifs is 1. The number of alkyl halides is 3. The molecule has 4 aromatic rings. The molecular formula is C25H25F3N6O2. The number of amides is 1. The maximum absolute atomic E-state index is 13.9. The Morgan fingerprint density at radius 3 is 2.67 bits per heavy atom. The van der Waals surface area contributed by atoms with Gasteiger partial charge in [-0.1, -0.05) is 24.3 Å². The fourth-order valence-corrected chi connectivity index (χ4v) is 4.57. The number of halogens is 3. The molecule has 0 saturated carbocycles. The second-order valence-electron chi connectivity index (χ2n) is 8.94. The fourth-order valence-electron chi connectivity index (χ4n) is 4.57. The summed E-state index contributed by atoms with van der Waals surface area (Å²) in [5.74, 6) is -0.233. The summed E-state index contributed by atoms with van der Waals surface area (Å²) in [5.41, 5.74) is 4.08. The minimum Gasteiger partial charge on any atom is -0.467 e. The number of carbonyl (C=O) groups is 1. The van der Waals surface area contributed by atoms with E-state index in [2.05, 4.69) is 20.8 Å². The summed E-state index contributed by atoms with van der Waals surface area (Å²) in [6, 6.07) is 8.51. The Hall–Kier alpha value is -4.02. The monoisotopic (exact) mass is 498 g/mol. The minimum atomic E-state index is -4.55. The average Bonchev–Trinajstić information content (AvgIpc) is 3.56. The highest BCUT2D eigenvalue weighted by atomic mass is 19.4. The molecule has 0 aliphatic carbocycles. The first-order valence-corrected chi connectivity index (χ1v) is 11.5. The van der Waals surface area contributed by atoms with E-state index in [1.54, 1.807) is 23.7 Å². The van der Waals surface area contributed by atoms with Gasteiger partial charge in [0, 0.05) is 6.42 Å². The van der Waals surface area contributed by atoms with Crippen molar-refractivity contribution in [3.8, 4) is 0 Å². The lowest BCUT2D eigenvalue weighted by molar-refractivity contribution is -0.174. The van der Waals surface area contributed by atoms with Gasteiger partial charge < -0.3 is 15.1 Å². The number of benzene rings is 1. The van der Waals surface area contributed by atoms with Gasteiger partial charge in [-0.15, -0.1) is 0 Å². The lowest BCUT2D eigenvalue weighted by atomic mass is 10.0. The molecule has 0 spiro atoms. The molecule has 0 fully saturated rings. The van der Waals surface area contributed by atoms with Crippen LogP contribution in [0.2, 0.25) is 0 Å². The van der Waals surface area contributed by atoms with Crippen LogP contribution in [0.5, 0.6) is 0 Å². The smallest absolute Gasteiger partial charge is 0.410 e. The predicted octanol–water partition coefficient (Wildman–Crippen LogP) is 5.56. The highest BCUT2D eigenvalue weighted by Crippen LogP contribution is 2.44. The zero-order valence-corrected chi connectivity index (χ0v) is 19.9. The second-order valence-corrected chi connectivity index (χ2v) is 8.94. The first kappa shape index (κ1) is 23.7. The summed E-state index contributed by atoms with van der Waals surface area (Å²) < 4.78 is 49.6. The Balaban J connectivity index is 1.44. The van der Waals surface area contributed by atoms with E-state index in [-0.39, 0.29) is 17.8 Å². The molecular weight excluding hydrogens is 473 g/mol. The highest BCUT2D eigenvalue weighted by molar-refractivity contribution is 6.08. The third kappa shape index (κ3) is 4.25. The molecule has 0 saturated heterocycles. The number of hydrogen-bond acceptors (Lipinski definition) is 5. The van der Waals surface area contributed by atoms with Gasteiger partial charge in [0.2, 0.25) is 0 Å². The van der Waals surface area contributed by atoms with Crippen LogP contribution in [0.1, 0.15) is 57.1 Å². The third-order valence-electron chi connectivity index (χ3n) is 6.57. The number of nitrogens with zero attached hydrogens (tertiary/aromatic N) is 4. The summed E-state index contributed by atoms with van der Waals surface area (Å²) >= 11 is 0. The van der Waals surface area contributed by atoms with E-state index < -0.39 is 24.2 Å². The van der Waals surface area contributed by atoms with Gasteiger partial charge in [-0.3, -0.25) is 9.48 Å². The molecule has 11 heteroatoms. The van der Waals surface area contributed by atoms with E-state index in [0.29, 0.717) is 23.7 Å². The molecule has 1 aromatic carbocycles. The Morgan fingerprint density at radius 2 is 1.97 bits per heavy atom. The zero-order chi connectivity index (χ0) is 25.6. The Labute approximate surface area is 205 Å². The molecule has 2 N–H and O–H groups in total. The lowest BCUT2D eigenvalue weighted by Crippen LogP contribution is -2.36. The van der Waals surface area contributed by atoms with Crippen molar-refractivity contribution in [3.63, 3.8) is 0 Å². The Kier molecular flexibility index (Phi) is 5.85. The number of furan rings is 1. The predicted molar refractivity (Wildman–Crippen MR) is 127 cm³/mol. The number of carbonyl (C=O) groups excluding carboxylic acids is 1. The molecule has 3 aromatic heterocycles. The topological polar surface area (TPSA) is 89.9 Å². The molecule has 188 valence electrons. The Bertz CT molecular complexity index is 1400. The fraction of sp³-hybridized carbons (Fsp3) is 0.320. The van der Waals surface area contributed by atoms with Gasteiger partial charge in [0.25, 0.3) is 5.91 Å². The maximum Gasteiger partial charge on any atom is 0.410 e. The average molecular weight is 499 g/mol. The molecule has 1 amide bonds. The molecule has 36 heavy (non-hydrogen) atoms. The lowest BCUT2D eigenvalue weighted by Gasteiger charge is -2.32. The number of aryl methyl sites for hydroxylation is 2. The molecule has 2 atom stereocenters. The highest BCUT2D eigenvalue weighted by Gasteiger charge is 2.47. The second kappa shape index (κ2) is 8.89. The quantitative estimate of drug-likeness (QED) is 0.376. The summed E-state index contributed by atoms with van der Waals surface area (Å²) in [6.45, 7) is 6.16. The normalized spacial score (nSPS) is 17.5. The van der Waals surface area contributed by atoms with E-state index in [4.69, 9.17) is 4.42 Å². The van der Waals surface area contributed by atoms with Crippen molar-refractivity contribution >= 4 is 17.4 Å². The van der Waals surface area contributed by atoms with E-state index in [1.165, 1.54) is 6.26 Å². The summed E-state index contributed by atoms with van der Waals surface area (Å²) in [4.78, 5) is 13.3. The van der Waals surface area contributed by atoms with Gasteiger partial charge >= 0.3 is 6.18 Å². The van der Waals surface area contributed by atoms with E-state index in [1.807, 2.05) is 38.1 Å². The van der Waals surface area contributed by atoms with Crippen LogP contribution in [0.15, 0.2) is 53.3 Å². The third-order valence-corrected chi connectivity index (χ3v) is 6.57. The molecule has 4 heterocycles. The van der Waals surface area contributed by atoms with Crippen LogP contribution in [0, 0.1) is 20.8 Å². The largest absolute Gasteiger partial charge is 0.467 e. The van der Waals surface area contributed by atoms with Crippen LogP contribution in [0.3, 0.4) is 0 Å². The molecule has 5 rings (SSSR count). The molecule has 0 radical (unpaired) electrons. The molecule has 0 bridgehead atoms. The van der Waals surface area contributed by atoms with Gasteiger partial charge in [0.1, 0.15) is 17.1 Å². The first-order chi connectivity index (χ1) is 17.1. The van der Waals surface area contributed by atoms with Gasteiger partial charge in [-0.25, -0.2) is 4.68 Å². The van der Waals surface area contributed by atoms with Crippen molar-refractivity contribution in [2.75, 3.05) is 10.6 Å². The molecule has 1 aliphatic heterocycles. The van der Waals surface area contributed by atoms with Crippen LogP contribution in [-0.4, -0.2) is 31.6 Å². The van der Waals surface area contributed by atoms with Gasteiger partial charge in [0.15, 0.2) is 6.04 Å². The van der Waals surface area contributed by atoms with E-state index in [0.717, 1.165) is 27.7 Å². The number of rotatable bonds is 5. The van der Waals surface area contributed by atoms with Crippen molar-refractivity contribution < 1.29 is 22.4 Å². The Morgan fingerprint density at radius 1 is 1.19 bits per heavy atom. The maximum atomic E-state index is 13.9.